The van der Waals surface area contributed by atoms with Crippen LogP contribution >= 0.6 is 0 Å². The van der Waals surface area contributed by atoms with E-state index in [1.54, 1.807) is 50.4 Å². The van der Waals surface area contributed by atoms with Gasteiger partial charge in [0.15, 0.2) is 0 Å². The fraction of sp³-hybridized carbons (Fsp3) is 0.235. The number of hydrogen-bond acceptors (Lipinski definition) is 4. The highest BCUT2D eigenvalue weighted by atomic mass is 32.2. The van der Waals surface area contributed by atoms with Crippen molar-refractivity contribution in [2.45, 2.75) is 25.2 Å². The van der Waals surface area contributed by atoms with Crippen molar-refractivity contribution >= 4 is 26.7 Å². The first-order valence-electron chi connectivity index (χ1n) is 7.59. The molecule has 0 aliphatic carbocycles. The van der Waals surface area contributed by atoms with Crippen molar-refractivity contribution in [2.75, 3.05) is 11.8 Å². The van der Waals surface area contributed by atoms with Crippen LogP contribution in [0.15, 0.2) is 41.3 Å². The third-order valence-corrected chi connectivity index (χ3v) is 5.33. The van der Waals surface area contributed by atoms with Crippen LogP contribution in [0.5, 0.6) is 5.75 Å². The molecule has 0 aliphatic rings. The number of benzene rings is 2. The predicted molar refractivity (Wildman–Crippen MR) is 94.0 cm³/mol. The summed E-state index contributed by atoms with van der Waals surface area (Å²) in [6, 6.07) is 10.1. The Kier molecular flexibility index (Phi) is 4.19. The lowest BCUT2D eigenvalue weighted by atomic mass is 10.2. The summed E-state index contributed by atoms with van der Waals surface area (Å²) in [4.78, 5) is 7.81. The van der Waals surface area contributed by atoms with Gasteiger partial charge in [0.2, 0.25) is 0 Å². The number of hydrogen-bond donors (Lipinski definition) is 2. The number of imidazole rings is 1. The molecule has 0 aliphatic heterocycles. The molecule has 0 spiro atoms. The van der Waals surface area contributed by atoms with E-state index in [-0.39, 0.29) is 4.90 Å². The molecule has 24 heavy (non-hydrogen) atoms. The lowest BCUT2D eigenvalue weighted by Crippen LogP contribution is -2.14. The van der Waals surface area contributed by atoms with Crippen LogP contribution in [0, 0.1) is 6.92 Å². The molecule has 0 bridgehead atoms. The van der Waals surface area contributed by atoms with E-state index in [2.05, 4.69) is 14.7 Å². The van der Waals surface area contributed by atoms with Gasteiger partial charge in [-0.1, -0.05) is 6.92 Å². The molecule has 0 saturated heterocycles. The molecule has 126 valence electrons. The van der Waals surface area contributed by atoms with Gasteiger partial charge >= 0.3 is 0 Å². The molecule has 2 aromatic carbocycles. The Balaban J connectivity index is 1.94. The summed E-state index contributed by atoms with van der Waals surface area (Å²) < 4.78 is 33.0. The number of anilines is 1. The molecule has 0 unspecified atom stereocenters. The molecule has 0 atom stereocenters. The van der Waals surface area contributed by atoms with Gasteiger partial charge in [-0.2, -0.15) is 0 Å². The van der Waals surface area contributed by atoms with Gasteiger partial charge in [0.25, 0.3) is 10.0 Å². The Morgan fingerprint density at radius 2 is 2.00 bits per heavy atom. The monoisotopic (exact) mass is 345 g/mol. The van der Waals surface area contributed by atoms with Gasteiger partial charge in [0, 0.05) is 6.42 Å². The van der Waals surface area contributed by atoms with E-state index < -0.39 is 10.0 Å². The zero-order valence-electron chi connectivity index (χ0n) is 13.8. The minimum Gasteiger partial charge on any atom is -0.497 e. The number of fused-ring (bicyclic) bond motifs is 1. The lowest BCUT2D eigenvalue weighted by Gasteiger charge is -2.11. The molecule has 0 saturated carbocycles. The maximum atomic E-state index is 12.6. The van der Waals surface area contributed by atoms with Crippen LogP contribution in [0.4, 0.5) is 5.69 Å². The number of aromatic amines is 1. The third-order valence-electron chi connectivity index (χ3n) is 3.79. The summed E-state index contributed by atoms with van der Waals surface area (Å²) in [6.45, 7) is 3.75. The molecule has 0 amide bonds. The van der Waals surface area contributed by atoms with Crippen molar-refractivity contribution in [1.82, 2.24) is 9.97 Å². The van der Waals surface area contributed by atoms with Crippen LogP contribution in [0.2, 0.25) is 0 Å². The Hall–Kier alpha value is -2.54. The first-order valence-corrected chi connectivity index (χ1v) is 9.07. The molecular formula is C17H19N3O3S. The number of rotatable bonds is 5. The SMILES string of the molecule is CCc1nc2ccc(NS(=O)(=O)c3ccc(OC)cc3C)cc2[nH]1. The van der Waals surface area contributed by atoms with Crippen molar-refractivity contribution in [2.24, 2.45) is 0 Å². The summed E-state index contributed by atoms with van der Waals surface area (Å²) in [5, 5.41) is 0. The van der Waals surface area contributed by atoms with Crippen molar-refractivity contribution in [3.05, 3.63) is 47.8 Å². The molecular weight excluding hydrogens is 326 g/mol. The van der Waals surface area contributed by atoms with Crippen molar-refractivity contribution in [1.29, 1.82) is 0 Å². The minimum atomic E-state index is -3.68. The van der Waals surface area contributed by atoms with Gasteiger partial charge in [-0.25, -0.2) is 13.4 Å². The van der Waals surface area contributed by atoms with Crippen LogP contribution in [0.25, 0.3) is 11.0 Å². The lowest BCUT2D eigenvalue weighted by molar-refractivity contribution is 0.414. The highest BCUT2D eigenvalue weighted by Crippen LogP contribution is 2.24. The summed E-state index contributed by atoms with van der Waals surface area (Å²) in [6.07, 6.45) is 0.792. The summed E-state index contributed by atoms with van der Waals surface area (Å²) >= 11 is 0. The van der Waals surface area contributed by atoms with E-state index in [0.29, 0.717) is 17.0 Å². The number of H-pyrrole nitrogens is 1. The van der Waals surface area contributed by atoms with E-state index in [9.17, 15) is 8.42 Å². The maximum Gasteiger partial charge on any atom is 0.262 e. The first-order chi connectivity index (χ1) is 11.4. The van der Waals surface area contributed by atoms with Crippen LogP contribution in [-0.4, -0.2) is 25.5 Å². The molecule has 6 nitrogen and oxygen atoms in total. The Morgan fingerprint density at radius 1 is 1.21 bits per heavy atom. The van der Waals surface area contributed by atoms with E-state index >= 15 is 0 Å². The van der Waals surface area contributed by atoms with Crippen LogP contribution < -0.4 is 9.46 Å². The molecule has 1 heterocycles. The van der Waals surface area contributed by atoms with Crippen molar-refractivity contribution < 1.29 is 13.2 Å². The predicted octanol–water partition coefficient (Wildman–Crippen LogP) is 3.24. The zero-order valence-corrected chi connectivity index (χ0v) is 14.6. The van der Waals surface area contributed by atoms with E-state index in [1.807, 2.05) is 6.92 Å². The number of aryl methyl sites for hydroxylation is 2. The number of methoxy groups -OCH3 is 1. The average Bonchev–Trinajstić information content (AvgIpc) is 2.96. The largest absolute Gasteiger partial charge is 0.497 e. The second-order valence-electron chi connectivity index (χ2n) is 5.51. The minimum absolute atomic E-state index is 0.224. The van der Waals surface area contributed by atoms with Crippen molar-refractivity contribution in [3.63, 3.8) is 0 Å². The van der Waals surface area contributed by atoms with E-state index in [1.165, 1.54) is 0 Å². The smallest absolute Gasteiger partial charge is 0.262 e. The quantitative estimate of drug-likeness (QED) is 0.743. The molecule has 0 radical (unpaired) electrons. The van der Waals surface area contributed by atoms with Gasteiger partial charge in [-0.05, 0) is 48.9 Å². The van der Waals surface area contributed by atoms with Crippen LogP contribution in [0.1, 0.15) is 18.3 Å². The Labute approximate surface area is 140 Å². The number of ether oxygens (including phenoxy) is 1. The molecule has 1 aromatic heterocycles. The topological polar surface area (TPSA) is 84.1 Å². The van der Waals surface area contributed by atoms with E-state index in [0.717, 1.165) is 23.3 Å². The third kappa shape index (κ3) is 3.07. The number of aromatic nitrogens is 2. The molecule has 0 fully saturated rings. The van der Waals surface area contributed by atoms with Gasteiger partial charge < -0.3 is 9.72 Å². The average molecular weight is 345 g/mol. The second kappa shape index (κ2) is 6.16. The summed E-state index contributed by atoms with van der Waals surface area (Å²) in [7, 11) is -2.13. The molecule has 3 aromatic rings. The highest BCUT2D eigenvalue weighted by molar-refractivity contribution is 7.92. The van der Waals surface area contributed by atoms with Gasteiger partial charge in [-0.3, -0.25) is 4.72 Å². The molecule has 2 N–H and O–H groups in total. The number of sulfonamides is 1. The van der Waals surface area contributed by atoms with Gasteiger partial charge in [0.1, 0.15) is 11.6 Å². The first kappa shape index (κ1) is 16.3. The number of nitrogens with one attached hydrogen (secondary N) is 2. The normalized spacial score (nSPS) is 11.6. The summed E-state index contributed by atoms with van der Waals surface area (Å²) in [5.74, 6) is 1.49. The van der Waals surface area contributed by atoms with Crippen molar-refractivity contribution in [3.8, 4) is 5.75 Å². The Morgan fingerprint density at radius 3 is 2.67 bits per heavy atom. The molecule has 7 heteroatoms. The molecule has 3 rings (SSSR count). The van der Waals surface area contributed by atoms with Gasteiger partial charge in [-0.15, -0.1) is 0 Å². The second-order valence-corrected chi connectivity index (χ2v) is 7.16. The van der Waals surface area contributed by atoms with Crippen LogP contribution in [-0.2, 0) is 16.4 Å². The fourth-order valence-corrected chi connectivity index (χ4v) is 3.83. The standard InChI is InChI=1S/C17H19N3O3S/c1-4-17-18-14-7-5-12(10-15(14)19-17)20-24(21,22)16-8-6-13(23-3)9-11(16)2/h5-10,20H,4H2,1-3H3,(H,18,19). The highest BCUT2D eigenvalue weighted by Gasteiger charge is 2.18. The van der Waals surface area contributed by atoms with E-state index in [4.69, 9.17) is 4.74 Å². The zero-order chi connectivity index (χ0) is 17.3. The fourth-order valence-electron chi connectivity index (χ4n) is 2.55. The van der Waals surface area contributed by atoms with Gasteiger partial charge in [0.05, 0.1) is 28.7 Å². The number of nitrogens with zero attached hydrogens (tertiary/aromatic N) is 1. The Bertz CT molecular complexity index is 993. The van der Waals surface area contributed by atoms with Crippen LogP contribution in [0.3, 0.4) is 0 Å². The maximum absolute atomic E-state index is 12.6. The summed E-state index contributed by atoms with van der Waals surface area (Å²) in [5.41, 5.74) is 2.73.